The van der Waals surface area contributed by atoms with Gasteiger partial charge in [0, 0.05) is 5.39 Å². The van der Waals surface area contributed by atoms with Gasteiger partial charge in [-0.1, -0.05) is 18.2 Å². The molecule has 0 atom stereocenters. The first-order valence-corrected chi connectivity index (χ1v) is 5.62. The first-order chi connectivity index (χ1) is 7.27. The lowest BCUT2D eigenvalue weighted by atomic mass is 10.1. The molecule has 0 bridgehead atoms. The van der Waals surface area contributed by atoms with Gasteiger partial charge >= 0.3 is 0 Å². The second-order valence-electron chi connectivity index (χ2n) is 3.04. The molecule has 15 heavy (non-hydrogen) atoms. The highest BCUT2D eigenvalue weighted by atomic mass is 32.2. The Morgan fingerprint density at radius 2 is 2.13 bits per heavy atom. The Balaban J connectivity index is 2.89. The van der Waals surface area contributed by atoms with E-state index >= 15 is 0 Å². The van der Waals surface area contributed by atoms with Crippen LogP contribution in [0.3, 0.4) is 0 Å². The number of hydrogen-bond donors (Lipinski definition) is 1. The lowest BCUT2D eigenvalue weighted by Gasteiger charge is -2.06. The maximum absolute atomic E-state index is 9.01. The lowest BCUT2D eigenvalue weighted by Crippen LogP contribution is -1.97. The number of pyridine rings is 1. The fraction of sp³-hybridized carbons (Fsp3) is 0.0909. The van der Waals surface area contributed by atoms with Gasteiger partial charge in [-0.3, -0.25) is 0 Å². The molecule has 0 fully saturated rings. The molecule has 0 saturated heterocycles. The number of nitrogens with two attached hydrogens (primary N) is 1. The van der Waals surface area contributed by atoms with Crippen LogP contribution in [0.4, 0.5) is 5.69 Å². The molecule has 4 heteroatoms. The predicted molar refractivity (Wildman–Crippen MR) is 62.7 cm³/mol. The summed E-state index contributed by atoms with van der Waals surface area (Å²) in [5.74, 6) is 0. The molecule has 3 nitrogen and oxygen atoms in total. The zero-order valence-electron chi connectivity index (χ0n) is 8.19. The maximum Gasteiger partial charge on any atom is 0.116 e. The normalized spacial score (nSPS) is 10.1. The van der Waals surface area contributed by atoms with Crippen LogP contribution in [0, 0.1) is 11.3 Å². The number of anilines is 1. The minimum absolute atomic E-state index is 0.473. The van der Waals surface area contributed by atoms with E-state index in [9.17, 15) is 0 Å². The van der Waals surface area contributed by atoms with Crippen molar-refractivity contribution in [3.05, 3.63) is 29.8 Å². The maximum atomic E-state index is 9.01. The number of benzene rings is 1. The van der Waals surface area contributed by atoms with E-state index in [1.165, 1.54) is 11.8 Å². The summed E-state index contributed by atoms with van der Waals surface area (Å²) in [6.07, 6.45) is 1.89. The molecule has 0 unspecified atom stereocenters. The van der Waals surface area contributed by atoms with Crippen LogP contribution in [0.1, 0.15) is 5.56 Å². The topological polar surface area (TPSA) is 62.7 Å². The van der Waals surface area contributed by atoms with E-state index in [1.54, 1.807) is 0 Å². The Labute approximate surface area is 91.9 Å². The molecule has 2 rings (SSSR count). The van der Waals surface area contributed by atoms with E-state index in [0.29, 0.717) is 16.3 Å². The van der Waals surface area contributed by atoms with Crippen molar-refractivity contribution in [2.45, 2.75) is 5.03 Å². The minimum atomic E-state index is 0.473. The molecule has 0 radical (unpaired) electrons. The Hall–Kier alpha value is -1.73. The first kappa shape index (κ1) is 9.81. The van der Waals surface area contributed by atoms with E-state index in [1.807, 2.05) is 30.5 Å². The van der Waals surface area contributed by atoms with Crippen molar-refractivity contribution in [2.24, 2.45) is 0 Å². The minimum Gasteiger partial charge on any atom is -0.397 e. The van der Waals surface area contributed by atoms with Gasteiger partial charge in [0.2, 0.25) is 0 Å². The van der Waals surface area contributed by atoms with Gasteiger partial charge in [0.25, 0.3) is 0 Å². The molecular formula is C11H9N3S. The fourth-order valence-electron chi connectivity index (χ4n) is 1.47. The number of hydrogen-bond acceptors (Lipinski definition) is 4. The largest absolute Gasteiger partial charge is 0.397 e. The number of rotatable bonds is 1. The van der Waals surface area contributed by atoms with Gasteiger partial charge in [0.1, 0.15) is 16.7 Å². The van der Waals surface area contributed by atoms with Crippen LogP contribution in [-0.4, -0.2) is 11.2 Å². The summed E-state index contributed by atoms with van der Waals surface area (Å²) in [6.45, 7) is 0. The summed E-state index contributed by atoms with van der Waals surface area (Å²) in [5.41, 5.74) is 7.76. The summed E-state index contributed by atoms with van der Waals surface area (Å²) < 4.78 is 0. The average molecular weight is 215 g/mol. The van der Waals surface area contributed by atoms with Gasteiger partial charge in [-0.15, -0.1) is 11.8 Å². The van der Waals surface area contributed by atoms with Crippen LogP contribution >= 0.6 is 11.8 Å². The van der Waals surface area contributed by atoms with Crippen LogP contribution in [0.25, 0.3) is 10.9 Å². The van der Waals surface area contributed by atoms with E-state index < -0.39 is 0 Å². The summed E-state index contributed by atoms with van der Waals surface area (Å²) in [6, 6.07) is 9.67. The standard InChI is InChI=1S/C11H9N3S/c1-15-11-8(6-12)10(13)7-4-2-3-5-9(7)14-11/h2-5H,1H3,(H2,13,14). The summed E-state index contributed by atoms with van der Waals surface area (Å²) in [7, 11) is 0. The molecule has 0 aliphatic rings. The molecule has 1 heterocycles. The zero-order chi connectivity index (χ0) is 10.8. The highest BCUT2D eigenvalue weighted by Gasteiger charge is 2.10. The second kappa shape index (κ2) is 3.79. The molecule has 0 spiro atoms. The van der Waals surface area contributed by atoms with Crippen molar-refractivity contribution in [1.82, 2.24) is 4.98 Å². The average Bonchev–Trinajstić information content (AvgIpc) is 2.29. The number of nitrogen functional groups attached to an aromatic ring is 1. The number of fused-ring (bicyclic) bond motifs is 1. The Morgan fingerprint density at radius 1 is 1.40 bits per heavy atom. The quantitative estimate of drug-likeness (QED) is 0.742. The number of nitriles is 1. The molecule has 2 N–H and O–H groups in total. The molecule has 0 aliphatic heterocycles. The molecule has 0 amide bonds. The van der Waals surface area contributed by atoms with Crippen molar-refractivity contribution in [2.75, 3.05) is 12.0 Å². The van der Waals surface area contributed by atoms with E-state index in [0.717, 1.165) is 10.9 Å². The molecule has 0 saturated carbocycles. The highest BCUT2D eigenvalue weighted by molar-refractivity contribution is 7.98. The third-order valence-corrected chi connectivity index (χ3v) is 2.89. The summed E-state index contributed by atoms with van der Waals surface area (Å²) in [4.78, 5) is 4.39. The molecule has 1 aromatic carbocycles. The van der Waals surface area contributed by atoms with Gasteiger partial charge in [-0.05, 0) is 12.3 Å². The Bertz CT molecular complexity index is 557. The third kappa shape index (κ3) is 1.51. The van der Waals surface area contributed by atoms with Crippen LogP contribution in [0.2, 0.25) is 0 Å². The Kier molecular flexibility index (Phi) is 2.48. The summed E-state index contributed by atoms with van der Waals surface area (Å²) in [5, 5.41) is 10.5. The van der Waals surface area contributed by atoms with Crippen molar-refractivity contribution in [1.29, 1.82) is 5.26 Å². The molecule has 74 valence electrons. The number of aromatic nitrogens is 1. The molecule has 2 aromatic rings. The van der Waals surface area contributed by atoms with Crippen LogP contribution in [0.15, 0.2) is 29.3 Å². The monoisotopic (exact) mass is 215 g/mol. The van der Waals surface area contributed by atoms with Crippen LogP contribution < -0.4 is 5.73 Å². The molecular weight excluding hydrogens is 206 g/mol. The van der Waals surface area contributed by atoms with Gasteiger partial charge in [0.15, 0.2) is 0 Å². The van der Waals surface area contributed by atoms with E-state index in [-0.39, 0.29) is 0 Å². The lowest BCUT2D eigenvalue weighted by molar-refractivity contribution is 1.17. The summed E-state index contributed by atoms with van der Waals surface area (Å²) >= 11 is 1.44. The number of nitrogens with zero attached hydrogens (tertiary/aromatic N) is 2. The second-order valence-corrected chi connectivity index (χ2v) is 3.83. The number of thioether (sulfide) groups is 1. The SMILES string of the molecule is CSc1nc2ccccc2c(N)c1C#N. The van der Waals surface area contributed by atoms with Crippen molar-refractivity contribution < 1.29 is 0 Å². The van der Waals surface area contributed by atoms with Gasteiger partial charge in [-0.25, -0.2) is 4.98 Å². The highest BCUT2D eigenvalue weighted by Crippen LogP contribution is 2.29. The predicted octanol–water partition coefficient (Wildman–Crippen LogP) is 2.41. The third-order valence-electron chi connectivity index (χ3n) is 2.20. The smallest absolute Gasteiger partial charge is 0.116 e. The van der Waals surface area contributed by atoms with E-state index in [2.05, 4.69) is 11.1 Å². The van der Waals surface area contributed by atoms with Crippen LogP contribution in [0.5, 0.6) is 0 Å². The van der Waals surface area contributed by atoms with Crippen LogP contribution in [-0.2, 0) is 0 Å². The molecule has 0 aliphatic carbocycles. The van der Waals surface area contributed by atoms with Gasteiger partial charge in [0.05, 0.1) is 11.2 Å². The number of para-hydroxylation sites is 1. The van der Waals surface area contributed by atoms with Gasteiger partial charge < -0.3 is 5.73 Å². The van der Waals surface area contributed by atoms with Crippen molar-refractivity contribution in [3.8, 4) is 6.07 Å². The fourth-order valence-corrected chi connectivity index (χ4v) is 2.02. The van der Waals surface area contributed by atoms with E-state index in [4.69, 9.17) is 11.0 Å². The van der Waals surface area contributed by atoms with Crippen molar-refractivity contribution >= 4 is 28.4 Å². The molecule has 1 aromatic heterocycles. The first-order valence-electron chi connectivity index (χ1n) is 4.40. The van der Waals surface area contributed by atoms with Crippen molar-refractivity contribution in [3.63, 3.8) is 0 Å². The van der Waals surface area contributed by atoms with Gasteiger partial charge in [-0.2, -0.15) is 5.26 Å². The Morgan fingerprint density at radius 3 is 2.80 bits per heavy atom. The zero-order valence-corrected chi connectivity index (χ0v) is 9.01.